The molecule has 0 aliphatic rings. The molecule has 7 nitrogen and oxygen atoms in total. The van der Waals surface area contributed by atoms with E-state index in [0.29, 0.717) is 27.5 Å². The molecule has 2 aromatic carbocycles. The second kappa shape index (κ2) is 8.44. The van der Waals surface area contributed by atoms with Crippen molar-refractivity contribution in [2.75, 3.05) is 11.1 Å². The van der Waals surface area contributed by atoms with Gasteiger partial charge in [0.15, 0.2) is 15.0 Å². The minimum Gasteiger partial charge on any atom is -0.422 e. The summed E-state index contributed by atoms with van der Waals surface area (Å²) in [7, 11) is -3.28. The fourth-order valence-corrected chi connectivity index (χ4v) is 4.64. The Hall–Kier alpha value is -3.30. The van der Waals surface area contributed by atoms with Crippen LogP contribution >= 0.6 is 11.3 Å². The highest BCUT2D eigenvalue weighted by atomic mass is 32.2. The summed E-state index contributed by atoms with van der Waals surface area (Å²) in [5.74, 6) is -0.271. The molecule has 1 N–H and O–H groups in total. The van der Waals surface area contributed by atoms with Gasteiger partial charge >= 0.3 is 5.63 Å². The molecule has 0 aliphatic heterocycles. The average molecular weight is 455 g/mol. The van der Waals surface area contributed by atoms with Gasteiger partial charge in [0, 0.05) is 10.8 Å². The largest absolute Gasteiger partial charge is 0.422 e. The highest BCUT2D eigenvalue weighted by Crippen LogP contribution is 2.25. The van der Waals surface area contributed by atoms with Gasteiger partial charge < -0.3 is 9.73 Å². The molecule has 1 amide bonds. The van der Waals surface area contributed by atoms with Crippen molar-refractivity contribution in [3.05, 3.63) is 76.0 Å². The molecule has 0 saturated carbocycles. The normalized spacial score (nSPS) is 11.5. The lowest BCUT2D eigenvalue weighted by Crippen LogP contribution is -2.14. The highest BCUT2D eigenvalue weighted by molar-refractivity contribution is 7.91. The monoisotopic (exact) mass is 454 g/mol. The van der Waals surface area contributed by atoms with Gasteiger partial charge in [-0.2, -0.15) is 0 Å². The van der Waals surface area contributed by atoms with Gasteiger partial charge in [0.05, 0.1) is 28.3 Å². The summed E-state index contributed by atoms with van der Waals surface area (Å²) < 4.78 is 29.1. The molecule has 0 spiro atoms. The van der Waals surface area contributed by atoms with Gasteiger partial charge in [0.2, 0.25) is 5.91 Å². The fraction of sp³-hybridized carbons (Fsp3) is 0.136. The van der Waals surface area contributed by atoms with Crippen molar-refractivity contribution in [2.24, 2.45) is 0 Å². The Kier molecular flexibility index (Phi) is 5.71. The molecule has 31 heavy (non-hydrogen) atoms. The first-order valence-electron chi connectivity index (χ1n) is 9.46. The van der Waals surface area contributed by atoms with Crippen molar-refractivity contribution < 1.29 is 17.6 Å². The van der Waals surface area contributed by atoms with Crippen LogP contribution in [0.5, 0.6) is 0 Å². The van der Waals surface area contributed by atoms with Gasteiger partial charge in [-0.1, -0.05) is 37.3 Å². The van der Waals surface area contributed by atoms with Crippen molar-refractivity contribution in [3.63, 3.8) is 0 Å². The Morgan fingerprint density at radius 1 is 1.13 bits per heavy atom. The van der Waals surface area contributed by atoms with Crippen LogP contribution in [0.4, 0.5) is 5.13 Å². The van der Waals surface area contributed by atoms with Crippen molar-refractivity contribution in [1.29, 1.82) is 0 Å². The van der Waals surface area contributed by atoms with Crippen LogP contribution in [0.1, 0.15) is 12.5 Å². The van der Waals surface area contributed by atoms with Gasteiger partial charge in [-0.15, -0.1) is 11.3 Å². The zero-order valence-corrected chi connectivity index (χ0v) is 18.1. The third-order valence-electron chi connectivity index (χ3n) is 4.70. The van der Waals surface area contributed by atoms with Gasteiger partial charge in [0.1, 0.15) is 5.58 Å². The Morgan fingerprint density at radius 3 is 2.61 bits per heavy atom. The topological polar surface area (TPSA) is 106 Å². The molecule has 0 fully saturated rings. The van der Waals surface area contributed by atoms with Crippen LogP contribution in [0.25, 0.3) is 22.2 Å². The van der Waals surface area contributed by atoms with Crippen LogP contribution in [-0.2, 0) is 21.1 Å². The van der Waals surface area contributed by atoms with Gasteiger partial charge in [0.25, 0.3) is 0 Å². The van der Waals surface area contributed by atoms with E-state index in [4.69, 9.17) is 4.42 Å². The molecule has 0 unspecified atom stereocenters. The molecule has 4 aromatic rings. The predicted octanol–water partition coefficient (Wildman–Crippen LogP) is 3.89. The number of aromatic nitrogens is 1. The molecule has 2 aromatic heterocycles. The van der Waals surface area contributed by atoms with Crippen LogP contribution in [0.15, 0.2) is 74.1 Å². The van der Waals surface area contributed by atoms with Gasteiger partial charge in [-0.25, -0.2) is 18.2 Å². The van der Waals surface area contributed by atoms with Crippen LogP contribution in [0.3, 0.4) is 0 Å². The summed E-state index contributed by atoms with van der Waals surface area (Å²) in [5, 5.41) is 5.53. The summed E-state index contributed by atoms with van der Waals surface area (Å²) in [5.41, 5.74) is 1.43. The number of hydrogen-bond acceptors (Lipinski definition) is 7. The number of sulfone groups is 1. The lowest BCUT2D eigenvalue weighted by molar-refractivity contribution is -0.115. The summed E-state index contributed by atoms with van der Waals surface area (Å²) in [6.07, 6.45) is 0.0689. The summed E-state index contributed by atoms with van der Waals surface area (Å²) in [4.78, 5) is 29.2. The first-order valence-corrected chi connectivity index (χ1v) is 12.0. The van der Waals surface area contributed by atoms with Crippen molar-refractivity contribution in [2.45, 2.75) is 18.2 Å². The average Bonchev–Trinajstić information content (AvgIpc) is 3.21. The van der Waals surface area contributed by atoms with Crippen LogP contribution in [0.2, 0.25) is 0 Å². The van der Waals surface area contributed by atoms with Crippen LogP contribution in [0, 0.1) is 0 Å². The van der Waals surface area contributed by atoms with Crippen LogP contribution in [-0.4, -0.2) is 25.1 Å². The van der Waals surface area contributed by atoms with Crippen molar-refractivity contribution >= 4 is 43.2 Å². The zero-order valence-electron chi connectivity index (χ0n) is 16.5. The molecule has 158 valence electrons. The third-order valence-corrected chi connectivity index (χ3v) is 7.20. The number of nitrogens with zero attached hydrogens (tertiary/aromatic N) is 1. The minimum atomic E-state index is -3.28. The summed E-state index contributed by atoms with van der Waals surface area (Å²) in [6, 6.07) is 15.2. The van der Waals surface area contributed by atoms with E-state index < -0.39 is 15.5 Å². The smallest absolute Gasteiger partial charge is 0.345 e. The third kappa shape index (κ3) is 4.57. The molecule has 0 saturated heterocycles. The Balaban J connectivity index is 1.47. The first kappa shape index (κ1) is 21.0. The molecule has 9 heteroatoms. The number of carbonyl (C=O) groups is 1. The fourth-order valence-electron chi connectivity index (χ4n) is 3.03. The maximum Gasteiger partial charge on any atom is 0.345 e. The highest BCUT2D eigenvalue weighted by Gasteiger charge is 2.14. The quantitative estimate of drug-likeness (QED) is 0.443. The van der Waals surface area contributed by atoms with E-state index in [1.54, 1.807) is 42.6 Å². The molecule has 0 aliphatic carbocycles. The SMILES string of the molecule is CCS(=O)(=O)c1ccc(CC(=O)Nc2nc(-c3cc4ccccc4oc3=O)cs2)cc1. The lowest BCUT2D eigenvalue weighted by atomic mass is 10.1. The van der Waals surface area contributed by atoms with E-state index in [2.05, 4.69) is 10.3 Å². The second-order valence-corrected chi connectivity index (χ2v) is 9.93. The second-order valence-electron chi connectivity index (χ2n) is 6.80. The van der Waals surface area contributed by atoms with Gasteiger partial charge in [-0.05, 0) is 29.8 Å². The summed E-state index contributed by atoms with van der Waals surface area (Å²) in [6.45, 7) is 1.58. The van der Waals surface area contributed by atoms with E-state index in [0.717, 1.165) is 5.39 Å². The minimum absolute atomic E-state index is 0.0226. The number of anilines is 1. The molecule has 2 heterocycles. The Labute approximate surface area is 182 Å². The first-order chi connectivity index (χ1) is 14.9. The number of fused-ring (bicyclic) bond motifs is 1. The number of benzene rings is 2. The number of carbonyl (C=O) groups excluding carboxylic acids is 1. The standard InChI is InChI=1S/C22H18N2O5S2/c1-2-31(27,28)16-9-7-14(8-10-16)11-20(25)24-22-23-18(13-30-22)17-12-15-5-3-4-6-19(15)29-21(17)26/h3-10,12-13H,2,11H2,1H3,(H,23,24,25). The Morgan fingerprint density at radius 2 is 1.87 bits per heavy atom. The molecule has 0 bridgehead atoms. The lowest BCUT2D eigenvalue weighted by Gasteiger charge is -2.04. The number of hydrogen-bond donors (Lipinski definition) is 1. The molecule has 4 rings (SSSR count). The number of rotatable bonds is 6. The summed E-state index contributed by atoms with van der Waals surface area (Å²) >= 11 is 1.20. The Bertz CT molecular complexity index is 1420. The van der Waals surface area contributed by atoms with E-state index in [1.807, 2.05) is 12.1 Å². The molecular formula is C22H18N2O5S2. The van der Waals surface area contributed by atoms with E-state index in [9.17, 15) is 18.0 Å². The predicted molar refractivity (Wildman–Crippen MR) is 120 cm³/mol. The van der Waals surface area contributed by atoms with Gasteiger partial charge in [-0.3, -0.25) is 4.79 Å². The molecule has 0 atom stereocenters. The zero-order chi connectivity index (χ0) is 22.0. The number of amides is 1. The van der Waals surface area contributed by atoms with E-state index in [1.165, 1.54) is 23.5 Å². The maximum absolute atomic E-state index is 12.4. The maximum atomic E-state index is 12.4. The number of thiazole rings is 1. The molecular weight excluding hydrogens is 436 g/mol. The van der Waals surface area contributed by atoms with E-state index >= 15 is 0 Å². The van der Waals surface area contributed by atoms with Crippen molar-refractivity contribution in [1.82, 2.24) is 4.98 Å². The van der Waals surface area contributed by atoms with E-state index in [-0.39, 0.29) is 23.0 Å². The van der Waals surface area contributed by atoms with Crippen molar-refractivity contribution in [3.8, 4) is 11.3 Å². The number of nitrogens with one attached hydrogen (secondary N) is 1. The van der Waals surface area contributed by atoms with Crippen LogP contribution < -0.4 is 10.9 Å². The number of para-hydroxylation sites is 1. The molecule has 0 radical (unpaired) electrons.